The zero-order chi connectivity index (χ0) is 19.7. The van der Waals surface area contributed by atoms with Gasteiger partial charge in [-0.2, -0.15) is 28.6 Å². The van der Waals surface area contributed by atoms with Gasteiger partial charge in [-0.1, -0.05) is 18.2 Å². The summed E-state index contributed by atoms with van der Waals surface area (Å²) in [6, 6.07) is 10.1. The highest BCUT2D eigenvalue weighted by atomic mass is 32.1. The lowest BCUT2D eigenvalue weighted by Gasteiger charge is -2.07. The number of nitrogens with zero attached hydrogens (tertiary/aromatic N) is 3. The molecule has 142 valence electrons. The predicted molar refractivity (Wildman–Crippen MR) is 98.2 cm³/mol. The normalized spacial score (nSPS) is 11.7. The van der Waals surface area contributed by atoms with Crippen molar-refractivity contribution in [3.8, 4) is 0 Å². The number of alkyl halides is 3. The van der Waals surface area contributed by atoms with Crippen molar-refractivity contribution in [1.29, 1.82) is 0 Å². The van der Waals surface area contributed by atoms with Crippen LogP contribution in [0.15, 0.2) is 48.7 Å². The number of aromatic amines is 1. The number of benzene rings is 2. The molecule has 0 aliphatic rings. The maximum absolute atomic E-state index is 12.8. The fourth-order valence-electron chi connectivity index (χ4n) is 2.66. The molecule has 2 N–H and O–H groups in total. The molecule has 0 aliphatic carbocycles. The molecule has 0 saturated heterocycles. The monoisotopic (exact) mass is 403 g/mol. The first-order valence-electron chi connectivity index (χ1n) is 8.11. The van der Waals surface area contributed by atoms with E-state index in [1.807, 2.05) is 0 Å². The number of anilines is 1. The van der Waals surface area contributed by atoms with Gasteiger partial charge in [0.1, 0.15) is 11.0 Å². The second-order valence-corrected chi connectivity index (χ2v) is 7.10. The quantitative estimate of drug-likeness (QED) is 0.533. The van der Waals surface area contributed by atoms with Crippen LogP contribution in [0.2, 0.25) is 0 Å². The van der Waals surface area contributed by atoms with Crippen LogP contribution in [0.25, 0.3) is 11.0 Å². The molecule has 0 fully saturated rings. The molecule has 1 amide bonds. The van der Waals surface area contributed by atoms with Crippen LogP contribution in [0, 0.1) is 0 Å². The minimum Gasteiger partial charge on any atom is -0.298 e. The second-order valence-electron chi connectivity index (χ2n) is 5.99. The van der Waals surface area contributed by atoms with Gasteiger partial charge in [-0.05, 0) is 29.8 Å². The number of halogens is 3. The van der Waals surface area contributed by atoms with Crippen molar-refractivity contribution in [3.63, 3.8) is 0 Å². The molecule has 0 bridgehead atoms. The summed E-state index contributed by atoms with van der Waals surface area (Å²) in [4.78, 5) is 17.2. The molecular weight excluding hydrogens is 391 g/mol. The van der Waals surface area contributed by atoms with Crippen LogP contribution in [-0.4, -0.2) is 26.3 Å². The molecule has 4 rings (SSSR count). The molecule has 0 unspecified atom stereocenters. The lowest BCUT2D eigenvalue weighted by Crippen LogP contribution is -2.11. The van der Waals surface area contributed by atoms with Crippen LogP contribution in [0.3, 0.4) is 0 Å². The summed E-state index contributed by atoms with van der Waals surface area (Å²) < 4.78 is 38.5. The van der Waals surface area contributed by atoms with E-state index in [-0.39, 0.29) is 5.91 Å². The molecule has 28 heavy (non-hydrogen) atoms. The van der Waals surface area contributed by atoms with E-state index in [0.29, 0.717) is 33.7 Å². The number of nitrogens with one attached hydrogen (secondary N) is 2. The van der Waals surface area contributed by atoms with E-state index in [1.165, 1.54) is 17.4 Å². The third-order valence-electron chi connectivity index (χ3n) is 3.99. The molecule has 0 radical (unpaired) electrons. The Morgan fingerprint density at radius 1 is 1.11 bits per heavy atom. The van der Waals surface area contributed by atoms with Gasteiger partial charge in [0.15, 0.2) is 5.13 Å². The number of H-pyrrole nitrogens is 1. The number of fused-ring (bicyclic) bond motifs is 1. The van der Waals surface area contributed by atoms with Gasteiger partial charge in [0.05, 0.1) is 5.56 Å². The Kier molecular flexibility index (Phi) is 4.55. The van der Waals surface area contributed by atoms with Gasteiger partial charge in [0.25, 0.3) is 5.91 Å². The van der Waals surface area contributed by atoms with E-state index in [0.717, 1.165) is 17.0 Å². The van der Waals surface area contributed by atoms with Crippen LogP contribution < -0.4 is 5.32 Å². The Labute approximate surface area is 160 Å². The van der Waals surface area contributed by atoms with Crippen molar-refractivity contribution in [2.24, 2.45) is 0 Å². The van der Waals surface area contributed by atoms with E-state index in [2.05, 4.69) is 25.7 Å². The van der Waals surface area contributed by atoms with E-state index in [1.54, 1.807) is 30.5 Å². The third kappa shape index (κ3) is 3.86. The molecule has 0 atom stereocenters. The van der Waals surface area contributed by atoms with Crippen molar-refractivity contribution in [1.82, 2.24) is 20.4 Å². The lowest BCUT2D eigenvalue weighted by atomic mass is 10.1. The highest BCUT2D eigenvalue weighted by molar-refractivity contribution is 7.15. The SMILES string of the molecule is O=C(Nc1ncc(Cc2cccc(C(F)(F)F)c2)s1)c1ccc2n[nH]nc2c1. The zero-order valence-electron chi connectivity index (χ0n) is 14.1. The van der Waals surface area contributed by atoms with E-state index < -0.39 is 11.7 Å². The number of carbonyl (C=O) groups is 1. The Bertz CT molecular complexity index is 1150. The van der Waals surface area contributed by atoms with Crippen LogP contribution in [0.5, 0.6) is 0 Å². The van der Waals surface area contributed by atoms with Crippen molar-refractivity contribution >= 4 is 33.4 Å². The first kappa shape index (κ1) is 18.1. The van der Waals surface area contributed by atoms with Crippen molar-refractivity contribution in [3.05, 3.63) is 70.2 Å². The lowest BCUT2D eigenvalue weighted by molar-refractivity contribution is -0.137. The first-order chi connectivity index (χ1) is 13.4. The maximum Gasteiger partial charge on any atom is 0.416 e. The molecule has 10 heteroatoms. The van der Waals surface area contributed by atoms with Gasteiger partial charge < -0.3 is 0 Å². The molecular formula is C18H12F3N5OS. The highest BCUT2D eigenvalue weighted by Gasteiger charge is 2.30. The van der Waals surface area contributed by atoms with Gasteiger partial charge in [-0.15, -0.1) is 11.3 Å². The second kappa shape index (κ2) is 7.04. The largest absolute Gasteiger partial charge is 0.416 e. The minimum absolute atomic E-state index is 0.294. The van der Waals surface area contributed by atoms with Gasteiger partial charge in [-0.25, -0.2) is 4.98 Å². The number of aromatic nitrogens is 4. The van der Waals surface area contributed by atoms with Crippen LogP contribution >= 0.6 is 11.3 Å². The van der Waals surface area contributed by atoms with Gasteiger partial charge in [0.2, 0.25) is 0 Å². The summed E-state index contributed by atoms with van der Waals surface area (Å²) in [5.41, 5.74) is 1.45. The molecule has 0 saturated carbocycles. The van der Waals surface area contributed by atoms with E-state index in [9.17, 15) is 18.0 Å². The van der Waals surface area contributed by atoms with E-state index in [4.69, 9.17) is 0 Å². The molecule has 0 aliphatic heterocycles. The fraction of sp³-hybridized carbons (Fsp3) is 0.111. The number of rotatable bonds is 4. The van der Waals surface area contributed by atoms with Crippen LogP contribution in [-0.2, 0) is 12.6 Å². The Morgan fingerprint density at radius 3 is 2.75 bits per heavy atom. The van der Waals surface area contributed by atoms with Crippen LogP contribution in [0.4, 0.5) is 18.3 Å². The summed E-state index contributed by atoms with van der Waals surface area (Å²) >= 11 is 1.21. The Balaban J connectivity index is 1.46. The summed E-state index contributed by atoms with van der Waals surface area (Å²) in [5.74, 6) is -0.357. The number of carbonyl (C=O) groups excluding carboxylic acids is 1. The highest BCUT2D eigenvalue weighted by Crippen LogP contribution is 2.30. The molecule has 2 heterocycles. The molecule has 4 aromatic rings. The smallest absolute Gasteiger partial charge is 0.298 e. The van der Waals surface area contributed by atoms with Crippen molar-refractivity contribution in [2.75, 3.05) is 5.32 Å². The van der Waals surface area contributed by atoms with Gasteiger partial charge in [0, 0.05) is 23.1 Å². The standard InChI is InChI=1S/C18H12F3N5OS/c19-18(20,21)12-3-1-2-10(6-12)7-13-9-22-17(28-13)23-16(27)11-4-5-14-15(8-11)25-26-24-14/h1-6,8-9H,7H2,(H,22,23,27)(H,24,25,26). The Morgan fingerprint density at radius 2 is 1.93 bits per heavy atom. The number of hydrogen-bond donors (Lipinski definition) is 2. The minimum atomic E-state index is -4.38. The molecule has 2 aromatic carbocycles. The van der Waals surface area contributed by atoms with Gasteiger partial charge >= 0.3 is 6.18 Å². The molecule has 0 spiro atoms. The van der Waals surface area contributed by atoms with Crippen molar-refractivity contribution < 1.29 is 18.0 Å². The third-order valence-corrected chi connectivity index (χ3v) is 4.90. The fourth-order valence-corrected chi connectivity index (χ4v) is 3.50. The topological polar surface area (TPSA) is 83.6 Å². The number of hydrogen-bond acceptors (Lipinski definition) is 5. The zero-order valence-corrected chi connectivity index (χ0v) is 14.9. The average molecular weight is 403 g/mol. The van der Waals surface area contributed by atoms with Crippen LogP contribution in [0.1, 0.15) is 26.4 Å². The Hall–Kier alpha value is -3.27. The van der Waals surface area contributed by atoms with Crippen molar-refractivity contribution in [2.45, 2.75) is 12.6 Å². The molecule has 2 aromatic heterocycles. The molecule has 6 nitrogen and oxygen atoms in total. The maximum atomic E-state index is 12.8. The van der Waals surface area contributed by atoms with E-state index >= 15 is 0 Å². The first-order valence-corrected chi connectivity index (χ1v) is 8.93. The predicted octanol–water partition coefficient (Wildman–Crippen LogP) is 4.28. The van der Waals surface area contributed by atoms with Gasteiger partial charge in [-0.3, -0.25) is 10.1 Å². The number of amides is 1. The average Bonchev–Trinajstić information content (AvgIpc) is 3.29. The summed E-state index contributed by atoms with van der Waals surface area (Å²) in [7, 11) is 0. The summed E-state index contributed by atoms with van der Waals surface area (Å²) in [6.07, 6.45) is -2.54. The number of thiazole rings is 1. The summed E-state index contributed by atoms with van der Waals surface area (Å²) in [6.45, 7) is 0. The summed E-state index contributed by atoms with van der Waals surface area (Å²) in [5, 5.41) is 13.4.